The highest BCUT2D eigenvalue weighted by atomic mass is 35.5. The van der Waals surface area contributed by atoms with Gasteiger partial charge in [0.25, 0.3) is 11.1 Å². The summed E-state index contributed by atoms with van der Waals surface area (Å²) in [5.74, 6) is 0.420. The number of rotatable bonds is 7. The lowest BCUT2D eigenvalue weighted by molar-refractivity contribution is -0.123. The Hall–Kier alpha value is -2.64. The van der Waals surface area contributed by atoms with Crippen LogP contribution in [0.2, 0.25) is 15.1 Å². The largest absolute Gasteiger partial charge is 0.493 e. The Bertz CT molecular complexity index is 1280. The van der Waals surface area contributed by atoms with Crippen molar-refractivity contribution in [1.82, 2.24) is 4.90 Å². The first-order valence-electron chi connectivity index (χ1n) is 10.1. The maximum Gasteiger partial charge on any atom is 0.293 e. The minimum absolute atomic E-state index is 0.0925. The summed E-state index contributed by atoms with van der Waals surface area (Å²) in [4.78, 5) is 26.9. The second-order valence-electron chi connectivity index (χ2n) is 7.32. The first-order chi connectivity index (χ1) is 16.4. The molecule has 0 unspecified atom stereocenters. The van der Waals surface area contributed by atoms with Gasteiger partial charge in [-0.3, -0.25) is 14.5 Å². The Kier molecular flexibility index (Phi) is 7.73. The molecular weight excluding hydrogens is 517 g/mol. The Morgan fingerprint density at radius 1 is 0.912 bits per heavy atom. The van der Waals surface area contributed by atoms with Crippen LogP contribution in [0.3, 0.4) is 0 Å². The van der Waals surface area contributed by atoms with Crippen molar-refractivity contribution >= 4 is 63.8 Å². The van der Waals surface area contributed by atoms with Gasteiger partial charge >= 0.3 is 0 Å². The Balaban J connectivity index is 1.53. The number of hydrogen-bond acceptors (Lipinski definition) is 5. The first-order valence-corrected chi connectivity index (χ1v) is 12.0. The zero-order valence-corrected chi connectivity index (χ0v) is 21.0. The maximum atomic E-state index is 12.9. The molecule has 0 spiro atoms. The molecular formula is C25H18Cl3NO4S. The number of hydrogen-bond donors (Lipinski definition) is 0. The van der Waals surface area contributed by atoms with Crippen molar-refractivity contribution in [2.75, 3.05) is 7.11 Å². The molecule has 9 heteroatoms. The summed E-state index contributed by atoms with van der Waals surface area (Å²) in [5, 5.41) is 0.722. The van der Waals surface area contributed by atoms with Crippen LogP contribution >= 0.6 is 46.6 Å². The normalized spacial score (nSPS) is 14.7. The van der Waals surface area contributed by atoms with E-state index < -0.39 is 5.91 Å². The van der Waals surface area contributed by atoms with Crippen LogP contribution in [0.25, 0.3) is 6.08 Å². The summed E-state index contributed by atoms with van der Waals surface area (Å²) in [6.07, 6.45) is 1.61. The van der Waals surface area contributed by atoms with E-state index in [1.165, 1.54) is 7.11 Å². The molecule has 3 aromatic rings. The molecule has 1 aliphatic rings. The van der Waals surface area contributed by atoms with Crippen LogP contribution in [0.1, 0.15) is 16.7 Å². The molecule has 5 nitrogen and oxygen atoms in total. The molecule has 0 radical (unpaired) electrons. The van der Waals surface area contributed by atoms with Crippen LogP contribution in [-0.4, -0.2) is 23.2 Å². The van der Waals surface area contributed by atoms with E-state index in [0.717, 1.165) is 22.2 Å². The van der Waals surface area contributed by atoms with E-state index in [9.17, 15) is 9.59 Å². The smallest absolute Gasteiger partial charge is 0.293 e. The van der Waals surface area contributed by atoms with Crippen LogP contribution in [0.5, 0.6) is 11.5 Å². The van der Waals surface area contributed by atoms with Crippen LogP contribution in [-0.2, 0) is 17.9 Å². The number of nitrogens with zero attached hydrogens (tertiary/aromatic N) is 1. The van der Waals surface area contributed by atoms with Crippen LogP contribution in [0.15, 0.2) is 65.6 Å². The van der Waals surface area contributed by atoms with Gasteiger partial charge in [0, 0.05) is 0 Å². The fraction of sp³-hybridized carbons (Fsp3) is 0.120. The molecule has 0 aliphatic carbocycles. The molecule has 0 saturated carbocycles. The molecule has 0 aromatic heterocycles. The zero-order chi connectivity index (χ0) is 24.2. The average molecular weight is 535 g/mol. The summed E-state index contributed by atoms with van der Waals surface area (Å²) in [6, 6.07) is 18.0. The Labute approximate surface area is 216 Å². The third kappa shape index (κ3) is 5.53. The Morgan fingerprint density at radius 2 is 1.68 bits per heavy atom. The number of carbonyl (C=O) groups excluding carboxylic acids is 2. The SMILES string of the molecule is COc1cc(/C=C2\SC(=O)N(Cc3ccc(Cl)c(Cl)c3)C2=O)cc(Cl)c1OCc1ccccc1. The van der Waals surface area contributed by atoms with Crippen molar-refractivity contribution in [3.05, 3.63) is 97.3 Å². The second kappa shape index (κ2) is 10.7. The quantitative estimate of drug-likeness (QED) is 0.294. The summed E-state index contributed by atoms with van der Waals surface area (Å²) >= 11 is 19.3. The lowest BCUT2D eigenvalue weighted by Crippen LogP contribution is -2.27. The lowest BCUT2D eigenvalue weighted by atomic mass is 10.1. The number of benzene rings is 3. The van der Waals surface area contributed by atoms with Crippen LogP contribution < -0.4 is 9.47 Å². The molecule has 34 heavy (non-hydrogen) atoms. The highest BCUT2D eigenvalue weighted by molar-refractivity contribution is 8.18. The third-order valence-electron chi connectivity index (χ3n) is 4.97. The van der Waals surface area contributed by atoms with Gasteiger partial charge < -0.3 is 9.47 Å². The van der Waals surface area contributed by atoms with Gasteiger partial charge in [0.15, 0.2) is 11.5 Å². The van der Waals surface area contributed by atoms with Gasteiger partial charge in [-0.25, -0.2) is 0 Å². The predicted molar refractivity (Wildman–Crippen MR) is 137 cm³/mol. The van der Waals surface area contributed by atoms with E-state index in [-0.39, 0.29) is 16.7 Å². The molecule has 0 bridgehead atoms. The number of methoxy groups -OCH3 is 1. The van der Waals surface area contributed by atoms with Crippen LogP contribution in [0, 0.1) is 0 Å². The fourth-order valence-corrected chi connectivity index (χ4v) is 4.73. The lowest BCUT2D eigenvalue weighted by Gasteiger charge is -2.14. The van der Waals surface area contributed by atoms with Crippen LogP contribution in [0.4, 0.5) is 4.79 Å². The first kappa shape index (κ1) is 24.5. The molecule has 174 valence electrons. The van der Waals surface area contributed by atoms with Crippen molar-refractivity contribution in [3.63, 3.8) is 0 Å². The number of halogens is 3. The minimum Gasteiger partial charge on any atom is -0.493 e. The van der Waals surface area contributed by atoms with Gasteiger partial charge in [0.2, 0.25) is 0 Å². The monoisotopic (exact) mass is 533 g/mol. The topological polar surface area (TPSA) is 55.8 Å². The molecule has 1 saturated heterocycles. The van der Waals surface area contributed by atoms with Gasteiger partial charge in [-0.05, 0) is 58.8 Å². The summed E-state index contributed by atoms with van der Waals surface area (Å²) < 4.78 is 11.3. The number of thioether (sulfide) groups is 1. The van der Waals surface area contributed by atoms with Crippen molar-refractivity contribution in [2.24, 2.45) is 0 Å². The van der Waals surface area contributed by atoms with Gasteiger partial charge in [-0.2, -0.15) is 0 Å². The number of imide groups is 1. The molecule has 1 fully saturated rings. The van der Waals surface area contributed by atoms with E-state index in [0.29, 0.717) is 44.3 Å². The second-order valence-corrected chi connectivity index (χ2v) is 9.54. The van der Waals surface area contributed by atoms with E-state index in [1.807, 2.05) is 30.3 Å². The molecule has 0 N–H and O–H groups in total. The molecule has 3 aromatic carbocycles. The zero-order valence-electron chi connectivity index (χ0n) is 17.9. The van der Waals surface area contributed by atoms with Gasteiger partial charge in [0.1, 0.15) is 6.61 Å². The fourth-order valence-electron chi connectivity index (χ4n) is 3.30. The van der Waals surface area contributed by atoms with Crippen molar-refractivity contribution in [1.29, 1.82) is 0 Å². The number of amides is 2. The standard InChI is InChI=1S/C25H18Cl3NO4S/c1-32-21-11-17(10-20(28)23(21)33-14-15-5-3-2-4-6-15)12-22-24(30)29(25(31)34-22)13-16-7-8-18(26)19(27)9-16/h2-12H,13-14H2,1H3/b22-12-. The summed E-state index contributed by atoms with van der Waals surface area (Å²) in [6.45, 7) is 0.416. The molecule has 4 rings (SSSR count). The van der Waals surface area contributed by atoms with E-state index in [4.69, 9.17) is 44.3 Å². The van der Waals surface area contributed by atoms with E-state index in [1.54, 1.807) is 36.4 Å². The van der Waals surface area contributed by atoms with Gasteiger partial charge in [0.05, 0.1) is 33.6 Å². The third-order valence-corrected chi connectivity index (χ3v) is 6.90. The highest BCUT2D eigenvalue weighted by Gasteiger charge is 2.35. The minimum atomic E-state index is -0.402. The average Bonchev–Trinajstić information content (AvgIpc) is 3.08. The van der Waals surface area contributed by atoms with Crippen molar-refractivity contribution in [2.45, 2.75) is 13.2 Å². The Morgan fingerprint density at radius 3 is 2.38 bits per heavy atom. The molecule has 0 atom stereocenters. The summed E-state index contributed by atoms with van der Waals surface area (Å²) in [5.41, 5.74) is 2.29. The van der Waals surface area contributed by atoms with Gasteiger partial charge in [-0.15, -0.1) is 0 Å². The summed E-state index contributed by atoms with van der Waals surface area (Å²) in [7, 11) is 1.51. The molecule has 2 amide bonds. The number of carbonyl (C=O) groups is 2. The number of ether oxygens (including phenoxy) is 2. The maximum absolute atomic E-state index is 12.9. The van der Waals surface area contributed by atoms with Crippen molar-refractivity contribution < 1.29 is 19.1 Å². The van der Waals surface area contributed by atoms with Crippen molar-refractivity contribution in [3.8, 4) is 11.5 Å². The van der Waals surface area contributed by atoms with E-state index >= 15 is 0 Å². The molecule has 1 heterocycles. The predicted octanol–water partition coefficient (Wildman–Crippen LogP) is 7.47. The van der Waals surface area contributed by atoms with Gasteiger partial charge in [-0.1, -0.05) is 71.2 Å². The van der Waals surface area contributed by atoms with E-state index in [2.05, 4.69) is 0 Å². The molecule has 1 aliphatic heterocycles. The highest BCUT2D eigenvalue weighted by Crippen LogP contribution is 2.39.